The molecule has 36 heavy (non-hydrogen) atoms. The van der Waals surface area contributed by atoms with E-state index in [0.717, 1.165) is 16.7 Å². The van der Waals surface area contributed by atoms with Gasteiger partial charge in [-0.2, -0.15) is 0 Å². The van der Waals surface area contributed by atoms with Gasteiger partial charge < -0.3 is 27.1 Å². The first kappa shape index (κ1) is 33.7. The Balaban J connectivity index is 3.18. The molecule has 1 aromatic rings. The predicted octanol–water partition coefficient (Wildman–Crippen LogP) is 7.11. The van der Waals surface area contributed by atoms with E-state index in [1.165, 1.54) is 0 Å². The van der Waals surface area contributed by atoms with Crippen molar-refractivity contribution in [2.45, 2.75) is 60.8 Å². The summed E-state index contributed by atoms with van der Waals surface area (Å²) in [5, 5.41) is 0. The van der Waals surface area contributed by atoms with Crippen molar-refractivity contribution >= 4 is 22.8 Å². The molecule has 0 fully saturated rings. The van der Waals surface area contributed by atoms with E-state index in [4.69, 9.17) is 27.1 Å². The normalized spacial score (nSPS) is 12.8. The van der Waals surface area contributed by atoms with Gasteiger partial charge in [-0.25, -0.2) is 0 Å². The lowest BCUT2D eigenvalue weighted by Crippen LogP contribution is -2.07. The summed E-state index contributed by atoms with van der Waals surface area (Å²) in [5.41, 5.74) is 2.81. The lowest BCUT2D eigenvalue weighted by Gasteiger charge is -2.19. The van der Waals surface area contributed by atoms with E-state index in [2.05, 4.69) is 0 Å². The van der Waals surface area contributed by atoms with Crippen LogP contribution in [0.2, 0.25) is 0 Å². The molecule has 1 rings (SSSR count). The smallest absolute Gasteiger partial charge is 0.309 e. The Morgan fingerprint density at radius 3 is 0.806 bits per heavy atom. The second-order valence-corrected chi connectivity index (χ2v) is 14.5. The molecule has 0 radical (unpaired) electrons. The Morgan fingerprint density at radius 2 is 0.639 bits per heavy atom. The molecular formula is C24H45O9P3. The molecule has 0 atom stereocenters. The van der Waals surface area contributed by atoms with Crippen LogP contribution in [0, 0.1) is 0 Å². The SMILES string of the molecule is CCOP(=O)(CCc1cc(CCP(=O)(OCC)OCC)cc(CCP(=O)(OCC)OCC)c1)OCC. The minimum absolute atomic E-state index is 0.240. The Bertz CT molecular complexity index is 750. The zero-order chi connectivity index (χ0) is 27.1. The molecule has 0 N–H and O–H groups in total. The van der Waals surface area contributed by atoms with Gasteiger partial charge in [0.2, 0.25) is 0 Å². The van der Waals surface area contributed by atoms with Crippen LogP contribution in [-0.2, 0) is 60.1 Å². The molecule has 0 aliphatic carbocycles. The minimum Gasteiger partial charge on any atom is -0.309 e. The third-order valence-electron chi connectivity index (χ3n) is 5.09. The highest BCUT2D eigenvalue weighted by atomic mass is 31.2. The third kappa shape index (κ3) is 12.5. The van der Waals surface area contributed by atoms with Crippen LogP contribution < -0.4 is 0 Å². The highest BCUT2D eigenvalue weighted by Crippen LogP contribution is 2.50. The van der Waals surface area contributed by atoms with E-state index in [0.29, 0.717) is 58.9 Å². The summed E-state index contributed by atoms with van der Waals surface area (Å²) in [6.45, 7) is 12.5. The fourth-order valence-electron chi connectivity index (χ4n) is 3.75. The molecule has 0 spiro atoms. The Kier molecular flexibility index (Phi) is 16.2. The summed E-state index contributed by atoms with van der Waals surface area (Å²) in [6, 6.07) is 6.00. The predicted molar refractivity (Wildman–Crippen MR) is 145 cm³/mol. The van der Waals surface area contributed by atoms with Gasteiger partial charge in [0.05, 0.1) is 58.1 Å². The largest absolute Gasteiger partial charge is 0.330 e. The van der Waals surface area contributed by atoms with Crippen molar-refractivity contribution in [3.05, 3.63) is 34.9 Å². The number of rotatable bonds is 21. The molecule has 0 aliphatic heterocycles. The van der Waals surface area contributed by atoms with E-state index in [1.54, 1.807) is 41.5 Å². The maximum absolute atomic E-state index is 13.0. The van der Waals surface area contributed by atoms with Gasteiger partial charge in [0.25, 0.3) is 0 Å². The maximum atomic E-state index is 13.0. The van der Waals surface area contributed by atoms with Crippen molar-refractivity contribution < 1.29 is 40.8 Å². The van der Waals surface area contributed by atoms with Gasteiger partial charge in [-0.15, -0.1) is 0 Å². The second kappa shape index (κ2) is 17.3. The molecule has 210 valence electrons. The second-order valence-electron chi connectivity index (χ2n) is 7.92. The van der Waals surface area contributed by atoms with Gasteiger partial charge >= 0.3 is 22.8 Å². The summed E-state index contributed by atoms with van der Waals surface area (Å²) in [7, 11) is -9.61. The van der Waals surface area contributed by atoms with Gasteiger partial charge in [-0.1, -0.05) is 18.2 Å². The Hall–Kier alpha value is -0.330. The molecule has 0 heterocycles. The fraction of sp³-hybridized carbons (Fsp3) is 0.750. The highest BCUT2D eigenvalue weighted by Gasteiger charge is 2.26. The molecule has 9 nitrogen and oxygen atoms in total. The lowest BCUT2D eigenvalue weighted by molar-refractivity contribution is 0.219. The van der Waals surface area contributed by atoms with Gasteiger partial charge in [0.15, 0.2) is 0 Å². The first-order valence-electron chi connectivity index (χ1n) is 12.9. The molecule has 0 unspecified atom stereocenters. The topological polar surface area (TPSA) is 107 Å². The van der Waals surface area contributed by atoms with Crippen molar-refractivity contribution in [1.82, 2.24) is 0 Å². The van der Waals surface area contributed by atoms with E-state index in [9.17, 15) is 13.7 Å². The molecule has 0 amide bonds. The monoisotopic (exact) mass is 570 g/mol. The average Bonchev–Trinajstić information content (AvgIpc) is 2.81. The molecule has 0 saturated carbocycles. The summed E-state index contributed by atoms with van der Waals surface area (Å²) < 4.78 is 71.5. The number of hydrogen-bond acceptors (Lipinski definition) is 9. The van der Waals surface area contributed by atoms with E-state index < -0.39 is 22.8 Å². The summed E-state index contributed by atoms with van der Waals surface area (Å²) in [4.78, 5) is 0. The summed E-state index contributed by atoms with van der Waals surface area (Å²) in [6.07, 6.45) is 2.14. The van der Waals surface area contributed by atoms with Crippen LogP contribution in [0.1, 0.15) is 58.2 Å². The van der Waals surface area contributed by atoms with Gasteiger partial charge in [-0.05, 0) is 77.5 Å². The zero-order valence-electron chi connectivity index (χ0n) is 22.7. The Morgan fingerprint density at radius 1 is 0.444 bits per heavy atom. The Labute approximate surface area is 217 Å². The van der Waals surface area contributed by atoms with Crippen LogP contribution in [0.4, 0.5) is 0 Å². The molecule has 0 aromatic heterocycles. The van der Waals surface area contributed by atoms with Gasteiger partial charge in [0, 0.05) is 0 Å². The number of aryl methyl sites for hydroxylation is 3. The van der Waals surface area contributed by atoms with Crippen molar-refractivity contribution in [2.24, 2.45) is 0 Å². The molecule has 12 heteroatoms. The number of benzene rings is 1. The fourth-order valence-corrected chi connectivity index (χ4v) is 8.70. The van der Waals surface area contributed by atoms with Crippen LogP contribution in [0.15, 0.2) is 18.2 Å². The average molecular weight is 571 g/mol. The van der Waals surface area contributed by atoms with Crippen LogP contribution in [0.25, 0.3) is 0 Å². The van der Waals surface area contributed by atoms with Crippen molar-refractivity contribution in [3.8, 4) is 0 Å². The maximum Gasteiger partial charge on any atom is 0.330 e. The lowest BCUT2D eigenvalue weighted by atomic mass is 10.0. The first-order chi connectivity index (χ1) is 17.1. The molecule has 1 aromatic carbocycles. The molecule has 0 saturated heterocycles. The van der Waals surface area contributed by atoms with Crippen molar-refractivity contribution in [2.75, 3.05) is 58.1 Å². The first-order valence-corrected chi connectivity index (χ1v) is 18.0. The number of hydrogen-bond donors (Lipinski definition) is 0. The standard InChI is InChI=1S/C24H45O9P3/c1-7-28-34(25,29-8-2)16-13-22-19-23(14-17-35(26,30-9-3)31-10-4)21-24(20-22)15-18-36(27,32-11-5)33-12-6/h19-21H,7-18H2,1-6H3. The quantitative estimate of drug-likeness (QED) is 0.143. The summed E-state index contributed by atoms with van der Waals surface area (Å²) >= 11 is 0. The zero-order valence-corrected chi connectivity index (χ0v) is 25.4. The van der Waals surface area contributed by atoms with Crippen LogP contribution in [0.5, 0.6) is 0 Å². The molecular weight excluding hydrogens is 525 g/mol. The van der Waals surface area contributed by atoms with Gasteiger partial charge in [0.1, 0.15) is 0 Å². The minimum atomic E-state index is -3.20. The van der Waals surface area contributed by atoms with Crippen LogP contribution in [0.3, 0.4) is 0 Å². The third-order valence-corrected chi connectivity index (χ3v) is 11.3. The summed E-state index contributed by atoms with van der Waals surface area (Å²) in [5.74, 6) is 0. The van der Waals surface area contributed by atoms with Crippen molar-refractivity contribution in [1.29, 1.82) is 0 Å². The van der Waals surface area contributed by atoms with Crippen molar-refractivity contribution in [3.63, 3.8) is 0 Å². The highest BCUT2D eigenvalue weighted by molar-refractivity contribution is 7.54. The molecule has 0 bridgehead atoms. The van der Waals surface area contributed by atoms with E-state index in [1.807, 2.05) is 18.2 Å². The van der Waals surface area contributed by atoms with Crippen LogP contribution >= 0.6 is 22.8 Å². The van der Waals surface area contributed by atoms with E-state index in [-0.39, 0.29) is 18.5 Å². The van der Waals surface area contributed by atoms with Crippen LogP contribution in [-0.4, -0.2) is 58.1 Å². The van der Waals surface area contributed by atoms with E-state index >= 15 is 0 Å². The molecule has 0 aliphatic rings. The van der Waals surface area contributed by atoms with Gasteiger partial charge in [-0.3, -0.25) is 13.7 Å².